The van der Waals surface area contributed by atoms with Crippen molar-refractivity contribution in [1.82, 2.24) is 10.2 Å². The van der Waals surface area contributed by atoms with E-state index in [1.807, 2.05) is 12.1 Å². The minimum atomic E-state index is -0.130. The summed E-state index contributed by atoms with van der Waals surface area (Å²) >= 11 is 4.73. The van der Waals surface area contributed by atoms with Gasteiger partial charge in [0.1, 0.15) is 0 Å². The van der Waals surface area contributed by atoms with Crippen molar-refractivity contribution in [3.8, 4) is 0 Å². The van der Waals surface area contributed by atoms with Gasteiger partial charge in [0.25, 0.3) is 5.91 Å². The zero-order valence-electron chi connectivity index (χ0n) is 14.8. The maximum Gasteiger partial charge on any atom is 0.264 e. The number of halogens is 1. The summed E-state index contributed by atoms with van der Waals surface area (Å²) in [7, 11) is 1.66. The van der Waals surface area contributed by atoms with Gasteiger partial charge in [-0.1, -0.05) is 43.2 Å². The SMILES string of the molecule is CN(CC(=O)NCC1(c2ccccc2)CCCC1)C(=O)c1ccc(Br)s1. The van der Waals surface area contributed by atoms with Crippen molar-refractivity contribution in [2.75, 3.05) is 20.1 Å². The van der Waals surface area contributed by atoms with Crippen molar-refractivity contribution in [2.45, 2.75) is 31.1 Å². The molecule has 0 atom stereocenters. The first-order chi connectivity index (χ1) is 12.5. The molecule has 6 heteroatoms. The van der Waals surface area contributed by atoms with Gasteiger partial charge in [0.2, 0.25) is 5.91 Å². The van der Waals surface area contributed by atoms with Gasteiger partial charge in [-0.05, 0) is 46.5 Å². The first-order valence-electron chi connectivity index (χ1n) is 8.83. The molecule has 1 fully saturated rings. The van der Waals surface area contributed by atoms with Gasteiger partial charge in [-0.25, -0.2) is 0 Å². The summed E-state index contributed by atoms with van der Waals surface area (Å²) in [5.74, 6) is -0.242. The highest BCUT2D eigenvalue weighted by Crippen LogP contribution is 2.40. The van der Waals surface area contributed by atoms with Crippen molar-refractivity contribution >= 4 is 39.1 Å². The number of thiophene rings is 1. The van der Waals surface area contributed by atoms with Gasteiger partial charge in [0, 0.05) is 19.0 Å². The summed E-state index contributed by atoms with van der Waals surface area (Å²) in [4.78, 5) is 26.9. The lowest BCUT2D eigenvalue weighted by Gasteiger charge is -2.30. The molecule has 2 amide bonds. The Morgan fingerprint density at radius 3 is 2.46 bits per heavy atom. The van der Waals surface area contributed by atoms with Crippen LogP contribution in [0, 0.1) is 0 Å². The molecule has 2 aromatic rings. The number of amides is 2. The van der Waals surface area contributed by atoms with Crippen LogP contribution in [-0.2, 0) is 10.2 Å². The highest BCUT2D eigenvalue weighted by atomic mass is 79.9. The Hall–Kier alpha value is -1.66. The molecule has 1 aromatic heterocycles. The molecule has 26 heavy (non-hydrogen) atoms. The van der Waals surface area contributed by atoms with E-state index >= 15 is 0 Å². The van der Waals surface area contributed by atoms with Gasteiger partial charge in [0.15, 0.2) is 0 Å². The van der Waals surface area contributed by atoms with Gasteiger partial charge >= 0.3 is 0 Å². The lowest BCUT2D eigenvalue weighted by molar-refractivity contribution is -0.121. The second kappa shape index (κ2) is 8.35. The van der Waals surface area contributed by atoms with Gasteiger partial charge < -0.3 is 10.2 Å². The number of likely N-dealkylation sites (N-methyl/N-ethyl adjacent to an activating group) is 1. The average Bonchev–Trinajstić information content (AvgIpc) is 3.30. The largest absolute Gasteiger partial charge is 0.354 e. The molecule has 0 bridgehead atoms. The van der Waals surface area contributed by atoms with Crippen LogP contribution in [0.15, 0.2) is 46.3 Å². The van der Waals surface area contributed by atoms with E-state index in [9.17, 15) is 9.59 Å². The molecule has 1 aliphatic carbocycles. The molecule has 1 aromatic carbocycles. The zero-order chi connectivity index (χ0) is 18.6. The summed E-state index contributed by atoms with van der Waals surface area (Å²) in [5, 5.41) is 3.07. The molecule has 0 unspecified atom stereocenters. The second-order valence-corrected chi connectivity index (χ2v) is 9.36. The number of nitrogens with zero attached hydrogens (tertiary/aromatic N) is 1. The van der Waals surface area contributed by atoms with E-state index in [4.69, 9.17) is 0 Å². The maximum absolute atomic E-state index is 12.4. The van der Waals surface area contributed by atoms with Crippen LogP contribution in [-0.4, -0.2) is 36.9 Å². The van der Waals surface area contributed by atoms with E-state index in [0.29, 0.717) is 11.4 Å². The lowest BCUT2D eigenvalue weighted by atomic mass is 9.79. The molecule has 138 valence electrons. The van der Waals surface area contributed by atoms with Crippen LogP contribution >= 0.6 is 27.3 Å². The van der Waals surface area contributed by atoms with Crippen LogP contribution in [0.1, 0.15) is 40.9 Å². The number of rotatable bonds is 6. The molecular formula is C20H23BrN2O2S. The number of carbonyl (C=O) groups excluding carboxylic acids is 2. The van der Waals surface area contributed by atoms with Crippen molar-refractivity contribution in [2.24, 2.45) is 0 Å². The maximum atomic E-state index is 12.4. The van der Waals surface area contributed by atoms with Gasteiger partial charge in [0.05, 0.1) is 15.2 Å². The fourth-order valence-electron chi connectivity index (χ4n) is 3.64. The minimum Gasteiger partial charge on any atom is -0.354 e. The second-order valence-electron chi connectivity index (χ2n) is 6.90. The van der Waals surface area contributed by atoms with Crippen LogP contribution in [0.4, 0.5) is 0 Å². The Balaban J connectivity index is 1.58. The number of benzene rings is 1. The predicted molar refractivity (Wildman–Crippen MR) is 109 cm³/mol. The average molecular weight is 435 g/mol. The minimum absolute atomic E-state index is 0.0259. The molecule has 4 nitrogen and oxygen atoms in total. The van der Waals surface area contributed by atoms with E-state index < -0.39 is 0 Å². The third-order valence-corrected chi connectivity index (χ3v) is 6.69. The van der Waals surface area contributed by atoms with Crippen LogP contribution in [0.25, 0.3) is 0 Å². The first kappa shape index (κ1) is 19.1. The van der Waals surface area contributed by atoms with E-state index in [0.717, 1.165) is 16.6 Å². The number of nitrogens with one attached hydrogen (secondary N) is 1. The number of carbonyl (C=O) groups is 2. The molecular weight excluding hydrogens is 412 g/mol. The van der Waals surface area contributed by atoms with Crippen LogP contribution < -0.4 is 5.32 Å². The van der Waals surface area contributed by atoms with E-state index in [1.165, 1.54) is 34.6 Å². The monoisotopic (exact) mass is 434 g/mol. The smallest absolute Gasteiger partial charge is 0.264 e. The fraction of sp³-hybridized carbons (Fsp3) is 0.400. The molecule has 1 heterocycles. The Kier molecular flexibility index (Phi) is 6.14. The van der Waals surface area contributed by atoms with Gasteiger partial charge in [-0.15, -0.1) is 11.3 Å². The molecule has 0 spiro atoms. The molecule has 0 saturated heterocycles. The van der Waals surface area contributed by atoms with Gasteiger partial charge in [-0.2, -0.15) is 0 Å². The van der Waals surface area contributed by atoms with E-state index in [2.05, 4.69) is 45.5 Å². The summed E-state index contributed by atoms with van der Waals surface area (Å²) in [6, 6.07) is 14.1. The fourth-order valence-corrected chi connectivity index (χ4v) is 5.02. The highest BCUT2D eigenvalue weighted by molar-refractivity contribution is 9.11. The van der Waals surface area contributed by atoms with Crippen molar-refractivity contribution in [1.29, 1.82) is 0 Å². The van der Waals surface area contributed by atoms with Crippen molar-refractivity contribution in [3.63, 3.8) is 0 Å². The standard InChI is InChI=1S/C20H23BrN2O2S/c1-23(19(25)16-9-10-17(21)26-16)13-18(24)22-14-20(11-5-6-12-20)15-7-3-2-4-8-15/h2-4,7-10H,5-6,11-14H2,1H3,(H,22,24). The van der Waals surface area contributed by atoms with Crippen LogP contribution in [0.5, 0.6) is 0 Å². The summed E-state index contributed by atoms with van der Waals surface area (Å²) in [5.41, 5.74) is 1.32. The quantitative estimate of drug-likeness (QED) is 0.739. The Bertz CT molecular complexity index is 769. The molecule has 1 aliphatic rings. The highest BCUT2D eigenvalue weighted by Gasteiger charge is 2.35. The zero-order valence-corrected chi connectivity index (χ0v) is 17.2. The Morgan fingerprint density at radius 2 is 1.85 bits per heavy atom. The topological polar surface area (TPSA) is 49.4 Å². The van der Waals surface area contributed by atoms with E-state index in [1.54, 1.807) is 13.1 Å². The Labute approximate surface area is 166 Å². The molecule has 0 radical (unpaired) electrons. The predicted octanol–water partition coefficient (Wildman–Crippen LogP) is 4.21. The van der Waals surface area contributed by atoms with Gasteiger partial charge in [-0.3, -0.25) is 9.59 Å². The normalized spacial score (nSPS) is 15.6. The number of hydrogen-bond donors (Lipinski definition) is 1. The van der Waals surface area contributed by atoms with Crippen LogP contribution in [0.3, 0.4) is 0 Å². The Morgan fingerprint density at radius 1 is 1.15 bits per heavy atom. The number of hydrogen-bond acceptors (Lipinski definition) is 3. The van der Waals surface area contributed by atoms with Crippen molar-refractivity contribution in [3.05, 3.63) is 56.7 Å². The molecule has 0 aliphatic heterocycles. The lowest BCUT2D eigenvalue weighted by Crippen LogP contribution is -2.43. The molecule has 1 N–H and O–H groups in total. The summed E-state index contributed by atoms with van der Waals surface area (Å²) in [6.45, 7) is 0.696. The summed E-state index contributed by atoms with van der Waals surface area (Å²) in [6.07, 6.45) is 4.57. The first-order valence-corrected chi connectivity index (χ1v) is 10.4. The van der Waals surface area contributed by atoms with Crippen molar-refractivity contribution < 1.29 is 9.59 Å². The molecule has 3 rings (SSSR count). The van der Waals surface area contributed by atoms with Crippen LogP contribution in [0.2, 0.25) is 0 Å². The third-order valence-electron chi connectivity index (χ3n) is 5.08. The summed E-state index contributed by atoms with van der Waals surface area (Å²) < 4.78 is 0.907. The third kappa shape index (κ3) is 4.35. The molecule has 1 saturated carbocycles. The van der Waals surface area contributed by atoms with E-state index in [-0.39, 0.29) is 23.8 Å².